The lowest BCUT2D eigenvalue weighted by Gasteiger charge is -2.34. The van der Waals surface area contributed by atoms with Gasteiger partial charge in [-0.2, -0.15) is 11.8 Å². The first-order valence-corrected chi connectivity index (χ1v) is 8.19. The average molecular weight is 299 g/mol. The fourth-order valence-electron chi connectivity index (χ4n) is 2.17. The van der Waals surface area contributed by atoms with Crippen LogP contribution in [0.2, 0.25) is 0 Å². The quantitative estimate of drug-likeness (QED) is 0.931. The number of thioether (sulfide) groups is 1. The van der Waals surface area contributed by atoms with Crippen molar-refractivity contribution in [2.45, 2.75) is 26.3 Å². The molecule has 0 saturated carbocycles. The Balaban J connectivity index is 2.20. The van der Waals surface area contributed by atoms with Crippen LogP contribution in [0.4, 0.5) is 0 Å². The van der Waals surface area contributed by atoms with Gasteiger partial charge < -0.3 is 10.0 Å². The van der Waals surface area contributed by atoms with Crippen LogP contribution in [0.25, 0.3) is 0 Å². The molecule has 1 aromatic heterocycles. The van der Waals surface area contributed by atoms with Gasteiger partial charge in [0.2, 0.25) is 0 Å². The fraction of sp³-hybridized carbons (Fsp3) is 0.538. The lowest BCUT2D eigenvalue weighted by molar-refractivity contribution is -0.138. The van der Waals surface area contributed by atoms with Crippen molar-refractivity contribution < 1.29 is 14.7 Å². The SMILES string of the molecule is Cc1scc(C(=O)N2CCSCC2CC(=O)O)c1C. The molecule has 0 radical (unpaired) electrons. The molecule has 2 rings (SSSR count). The molecule has 19 heavy (non-hydrogen) atoms. The molecule has 1 amide bonds. The third-order valence-electron chi connectivity index (χ3n) is 3.41. The summed E-state index contributed by atoms with van der Waals surface area (Å²) in [6.45, 7) is 4.58. The first kappa shape index (κ1) is 14.4. The molecule has 1 unspecified atom stereocenters. The molecule has 1 N–H and O–H groups in total. The van der Waals surface area contributed by atoms with E-state index >= 15 is 0 Å². The van der Waals surface area contributed by atoms with Crippen LogP contribution in [0.1, 0.15) is 27.2 Å². The van der Waals surface area contributed by atoms with Crippen LogP contribution in [0.15, 0.2) is 5.38 Å². The predicted molar refractivity (Wildman–Crippen MR) is 78.2 cm³/mol. The van der Waals surface area contributed by atoms with Crippen LogP contribution >= 0.6 is 23.1 Å². The molecular formula is C13H17NO3S2. The summed E-state index contributed by atoms with van der Waals surface area (Å²) in [5.41, 5.74) is 1.74. The zero-order chi connectivity index (χ0) is 14.0. The summed E-state index contributed by atoms with van der Waals surface area (Å²) >= 11 is 3.29. The molecule has 4 nitrogen and oxygen atoms in total. The van der Waals surface area contributed by atoms with Gasteiger partial charge in [-0.15, -0.1) is 11.3 Å². The number of amides is 1. The van der Waals surface area contributed by atoms with E-state index in [1.54, 1.807) is 28.0 Å². The predicted octanol–water partition coefficient (Wildman–Crippen LogP) is 2.40. The molecule has 1 aliphatic heterocycles. The van der Waals surface area contributed by atoms with Crippen LogP contribution in [0, 0.1) is 13.8 Å². The highest BCUT2D eigenvalue weighted by Crippen LogP contribution is 2.26. The normalized spacial score (nSPS) is 19.5. The molecule has 1 saturated heterocycles. The average Bonchev–Trinajstić information content (AvgIpc) is 2.69. The van der Waals surface area contributed by atoms with Gasteiger partial charge in [-0.25, -0.2) is 0 Å². The Morgan fingerprint density at radius 3 is 2.79 bits per heavy atom. The highest BCUT2D eigenvalue weighted by molar-refractivity contribution is 7.99. The minimum atomic E-state index is -0.844. The first-order valence-electron chi connectivity index (χ1n) is 6.16. The van der Waals surface area contributed by atoms with E-state index in [1.165, 1.54) is 0 Å². The summed E-state index contributed by atoms with van der Waals surface area (Å²) in [7, 11) is 0. The second kappa shape index (κ2) is 5.96. The molecule has 1 atom stereocenters. The van der Waals surface area contributed by atoms with E-state index in [1.807, 2.05) is 19.2 Å². The van der Waals surface area contributed by atoms with Crippen molar-refractivity contribution in [1.29, 1.82) is 0 Å². The maximum absolute atomic E-state index is 12.6. The van der Waals surface area contributed by atoms with Crippen LogP contribution < -0.4 is 0 Å². The monoisotopic (exact) mass is 299 g/mol. The largest absolute Gasteiger partial charge is 0.481 e. The van der Waals surface area contributed by atoms with Gasteiger partial charge in [0.1, 0.15) is 0 Å². The van der Waals surface area contributed by atoms with Crippen molar-refractivity contribution in [1.82, 2.24) is 4.90 Å². The Hall–Kier alpha value is -1.01. The number of nitrogens with zero attached hydrogens (tertiary/aromatic N) is 1. The van der Waals surface area contributed by atoms with Gasteiger partial charge in [-0.3, -0.25) is 9.59 Å². The van der Waals surface area contributed by atoms with Gasteiger partial charge in [0, 0.05) is 28.3 Å². The van der Waals surface area contributed by atoms with Crippen LogP contribution in [0.5, 0.6) is 0 Å². The van der Waals surface area contributed by atoms with Crippen LogP contribution in [-0.4, -0.2) is 46.0 Å². The standard InChI is InChI=1S/C13H17NO3S2/c1-8-9(2)19-7-11(8)13(17)14-3-4-18-6-10(14)5-12(15)16/h7,10H,3-6H2,1-2H3,(H,15,16). The Bertz CT molecular complexity index is 498. The number of carboxylic acids is 1. The van der Waals surface area contributed by atoms with Crippen molar-refractivity contribution in [3.8, 4) is 0 Å². The van der Waals surface area contributed by atoms with E-state index in [-0.39, 0.29) is 18.4 Å². The fourth-order valence-corrected chi connectivity index (χ4v) is 4.09. The highest BCUT2D eigenvalue weighted by atomic mass is 32.2. The Morgan fingerprint density at radius 2 is 2.21 bits per heavy atom. The van der Waals surface area contributed by atoms with Gasteiger partial charge in [0.05, 0.1) is 18.0 Å². The Morgan fingerprint density at radius 1 is 1.47 bits per heavy atom. The number of thiophene rings is 1. The van der Waals surface area contributed by atoms with Crippen LogP contribution in [-0.2, 0) is 4.79 Å². The minimum Gasteiger partial charge on any atom is -0.481 e. The number of carboxylic acid groups (broad SMARTS) is 1. The van der Waals surface area contributed by atoms with Crippen LogP contribution in [0.3, 0.4) is 0 Å². The molecule has 1 aromatic rings. The molecule has 0 aliphatic carbocycles. The van der Waals surface area contributed by atoms with Crippen molar-refractivity contribution >= 4 is 35.0 Å². The van der Waals surface area contributed by atoms with Gasteiger partial charge in [0.15, 0.2) is 0 Å². The lowest BCUT2D eigenvalue weighted by Crippen LogP contribution is -2.47. The molecule has 104 valence electrons. The molecule has 2 heterocycles. The second-order valence-corrected chi connectivity index (χ2v) is 6.89. The van der Waals surface area contributed by atoms with E-state index in [2.05, 4.69) is 0 Å². The number of hydrogen-bond donors (Lipinski definition) is 1. The summed E-state index contributed by atoms with van der Waals surface area (Å²) in [6.07, 6.45) is 0.0287. The molecule has 1 aliphatic rings. The van der Waals surface area contributed by atoms with Crippen molar-refractivity contribution in [2.24, 2.45) is 0 Å². The van der Waals surface area contributed by atoms with E-state index in [0.29, 0.717) is 12.3 Å². The highest BCUT2D eigenvalue weighted by Gasteiger charge is 2.30. The Labute approximate surface area is 120 Å². The molecule has 0 spiro atoms. The summed E-state index contributed by atoms with van der Waals surface area (Å²) in [5, 5.41) is 10.8. The molecule has 0 bridgehead atoms. The molecule has 6 heteroatoms. The number of hydrogen-bond acceptors (Lipinski definition) is 4. The molecular weight excluding hydrogens is 282 g/mol. The second-order valence-electron chi connectivity index (χ2n) is 4.66. The van der Waals surface area contributed by atoms with Crippen molar-refractivity contribution in [3.63, 3.8) is 0 Å². The lowest BCUT2D eigenvalue weighted by atomic mass is 10.1. The summed E-state index contributed by atoms with van der Waals surface area (Å²) < 4.78 is 0. The van der Waals surface area contributed by atoms with Gasteiger partial charge >= 0.3 is 5.97 Å². The van der Waals surface area contributed by atoms with Crippen molar-refractivity contribution in [2.75, 3.05) is 18.1 Å². The zero-order valence-corrected chi connectivity index (χ0v) is 12.6. The third-order valence-corrected chi connectivity index (χ3v) is 5.52. The zero-order valence-electron chi connectivity index (χ0n) is 11.0. The summed E-state index contributed by atoms with van der Waals surface area (Å²) in [6, 6.07) is -0.191. The number of carbonyl (C=O) groups excluding carboxylic acids is 1. The molecule has 0 aromatic carbocycles. The first-order chi connectivity index (χ1) is 9.00. The maximum Gasteiger partial charge on any atom is 0.305 e. The van der Waals surface area contributed by atoms with Crippen molar-refractivity contribution in [3.05, 3.63) is 21.4 Å². The number of aliphatic carboxylic acids is 1. The number of aryl methyl sites for hydroxylation is 1. The Kier molecular flexibility index (Phi) is 4.52. The van der Waals surface area contributed by atoms with E-state index < -0.39 is 5.97 Å². The third kappa shape index (κ3) is 3.12. The minimum absolute atomic E-state index is 0.0200. The van der Waals surface area contributed by atoms with Gasteiger partial charge in [-0.1, -0.05) is 0 Å². The van der Waals surface area contributed by atoms with Gasteiger partial charge in [0.25, 0.3) is 5.91 Å². The number of carbonyl (C=O) groups is 2. The molecule has 1 fully saturated rings. The van der Waals surface area contributed by atoms with E-state index in [4.69, 9.17) is 5.11 Å². The van der Waals surface area contributed by atoms with E-state index in [0.717, 1.165) is 21.8 Å². The summed E-state index contributed by atoms with van der Waals surface area (Å²) in [4.78, 5) is 26.3. The smallest absolute Gasteiger partial charge is 0.305 e. The van der Waals surface area contributed by atoms with E-state index in [9.17, 15) is 9.59 Å². The summed E-state index contributed by atoms with van der Waals surface area (Å²) in [5.74, 6) is 0.724. The number of rotatable bonds is 3. The van der Waals surface area contributed by atoms with Gasteiger partial charge in [-0.05, 0) is 19.4 Å². The maximum atomic E-state index is 12.6. The topological polar surface area (TPSA) is 57.6 Å².